The molecule has 2 rings (SSSR count). The Hall–Kier alpha value is -1.25. The van der Waals surface area contributed by atoms with Crippen molar-refractivity contribution in [1.29, 1.82) is 0 Å². The summed E-state index contributed by atoms with van der Waals surface area (Å²) in [5, 5.41) is 6.39. The van der Waals surface area contributed by atoms with E-state index >= 15 is 0 Å². The molecular weight excluding hydrogens is 282 g/mol. The van der Waals surface area contributed by atoms with E-state index in [9.17, 15) is 0 Å². The smallest absolute Gasteiger partial charge is 0.127 e. The normalized spacial score (nSPS) is 13.4. The van der Waals surface area contributed by atoms with Crippen LogP contribution in [0.3, 0.4) is 0 Å². The van der Waals surface area contributed by atoms with Crippen LogP contribution in [-0.4, -0.2) is 18.2 Å². The summed E-state index contributed by atoms with van der Waals surface area (Å²) in [7, 11) is 0. The number of fused-ring (bicyclic) bond motifs is 1. The van der Waals surface area contributed by atoms with Gasteiger partial charge in [0.05, 0.1) is 0 Å². The van der Waals surface area contributed by atoms with Crippen LogP contribution < -0.4 is 10.1 Å². The molecule has 1 atom stereocenters. The first-order valence-corrected chi connectivity index (χ1v) is 7.89. The van der Waals surface area contributed by atoms with E-state index in [-0.39, 0.29) is 11.6 Å². The van der Waals surface area contributed by atoms with E-state index in [0.29, 0.717) is 0 Å². The van der Waals surface area contributed by atoms with Crippen molar-refractivity contribution >= 4 is 22.4 Å². The summed E-state index contributed by atoms with van der Waals surface area (Å²) in [4.78, 5) is 0. The van der Waals surface area contributed by atoms with Gasteiger partial charge in [0.15, 0.2) is 0 Å². The molecule has 3 heteroatoms. The molecule has 0 radical (unpaired) electrons. The maximum absolute atomic E-state index is 6.24. The third-order valence-corrected chi connectivity index (χ3v) is 4.24. The van der Waals surface area contributed by atoms with Crippen LogP contribution in [0.5, 0.6) is 5.75 Å². The largest absolute Gasteiger partial charge is 0.489 e. The van der Waals surface area contributed by atoms with Gasteiger partial charge in [0.2, 0.25) is 0 Å². The minimum atomic E-state index is 0.0976. The van der Waals surface area contributed by atoms with E-state index in [4.69, 9.17) is 16.3 Å². The van der Waals surface area contributed by atoms with E-state index in [1.54, 1.807) is 0 Å². The van der Waals surface area contributed by atoms with Crippen LogP contribution in [0.1, 0.15) is 34.1 Å². The molecule has 2 nitrogen and oxygen atoms in total. The maximum Gasteiger partial charge on any atom is 0.127 e. The highest BCUT2D eigenvalue weighted by Crippen LogP contribution is 2.31. The van der Waals surface area contributed by atoms with Gasteiger partial charge in [-0.15, -0.1) is 0 Å². The van der Waals surface area contributed by atoms with Crippen molar-refractivity contribution in [2.75, 3.05) is 6.54 Å². The number of hydrogen-bond acceptors (Lipinski definition) is 2. The van der Waals surface area contributed by atoms with Crippen molar-refractivity contribution in [3.05, 3.63) is 41.4 Å². The minimum Gasteiger partial charge on any atom is -0.489 e. The molecule has 21 heavy (non-hydrogen) atoms. The molecule has 0 saturated heterocycles. The lowest BCUT2D eigenvalue weighted by Crippen LogP contribution is -2.43. The second-order valence-corrected chi connectivity index (χ2v) is 6.55. The van der Waals surface area contributed by atoms with Gasteiger partial charge in [-0.3, -0.25) is 0 Å². The van der Waals surface area contributed by atoms with Crippen LogP contribution in [0.2, 0.25) is 5.02 Å². The van der Waals surface area contributed by atoms with Gasteiger partial charge >= 0.3 is 0 Å². The minimum absolute atomic E-state index is 0.0976. The summed E-state index contributed by atoms with van der Waals surface area (Å²) >= 11 is 6.24. The predicted octanol–water partition coefficient (Wildman–Crippen LogP) is 5.04. The zero-order valence-electron chi connectivity index (χ0n) is 13.2. The summed E-state index contributed by atoms with van der Waals surface area (Å²) in [6.07, 6.45) is 1.18. The van der Waals surface area contributed by atoms with Crippen LogP contribution in [-0.2, 0) is 0 Å². The van der Waals surface area contributed by atoms with E-state index in [1.807, 2.05) is 36.4 Å². The fourth-order valence-electron chi connectivity index (χ4n) is 2.14. The van der Waals surface area contributed by atoms with Crippen molar-refractivity contribution in [1.82, 2.24) is 5.32 Å². The van der Waals surface area contributed by atoms with E-state index in [0.717, 1.165) is 34.5 Å². The standard InChI is InChI=1S/C18H24ClNO/c1-5-18(3,4)20-12-13(2)21-17-11-10-16(19)14-8-6-7-9-15(14)17/h6-11,13,20H,5,12H2,1-4H3. The lowest BCUT2D eigenvalue weighted by molar-refractivity contribution is 0.201. The van der Waals surface area contributed by atoms with Crippen LogP contribution in [0, 0.1) is 0 Å². The molecule has 1 N–H and O–H groups in total. The summed E-state index contributed by atoms with van der Waals surface area (Å²) in [5.74, 6) is 0.888. The zero-order chi connectivity index (χ0) is 15.5. The number of rotatable bonds is 6. The summed E-state index contributed by atoms with van der Waals surface area (Å²) in [5.41, 5.74) is 0.139. The lowest BCUT2D eigenvalue weighted by Gasteiger charge is -2.27. The molecule has 0 aliphatic rings. The van der Waals surface area contributed by atoms with Crippen LogP contribution in [0.25, 0.3) is 10.8 Å². The lowest BCUT2D eigenvalue weighted by atomic mass is 10.0. The van der Waals surface area contributed by atoms with Gasteiger partial charge in [-0.1, -0.05) is 42.8 Å². The number of ether oxygens (including phenoxy) is 1. The first-order valence-electron chi connectivity index (χ1n) is 7.52. The Morgan fingerprint density at radius 1 is 1.14 bits per heavy atom. The molecule has 0 spiro atoms. The van der Waals surface area contributed by atoms with Gasteiger partial charge in [0.25, 0.3) is 0 Å². The Balaban J connectivity index is 2.11. The van der Waals surface area contributed by atoms with Crippen molar-refractivity contribution in [3.8, 4) is 5.75 Å². The number of nitrogens with one attached hydrogen (secondary N) is 1. The summed E-state index contributed by atoms with van der Waals surface area (Å²) in [6.45, 7) is 9.50. The molecule has 0 amide bonds. The fourth-order valence-corrected chi connectivity index (χ4v) is 2.37. The summed E-state index contributed by atoms with van der Waals surface area (Å²) < 4.78 is 6.10. The average Bonchev–Trinajstić information content (AvgIpc) is 2.48. The summed E-state index contributed by atoms with van der Waals surface area (Å²) in [6, 6.07) is 11.9. The van der Waals surface area contributed by atoms with Crippen LogP contribution in [0.15, 0.2) is 36.4 Å². The zero-order valence-corrected chi connectivity index (χ0v) is 14.0. The van der Waals surface area contributed by atoms with Gasteiger partial charge in [0.1, 0.15) is 11.9 Å². The second-order valence-electron chi connectivity index (χ2n) is 6.14. The van der Waals surface area contributed by atoms with Gasteiger partial charge < -0.3 is 10.1 Å². The Labute approximate surface area is 132 Å². The third-order valence-electron chi connectivity index (χ3n) is 3.91. The quantitative estimate of drug-likeness (QED) is 0.807. The first-order chi connectivity index (χ1) is 9.93. The van der Waals surface area contributed by atoms with Gasteiger partial charge in [-0.2, -0.15) is 0 Å². The monoisotopic (exact) mass is 305 g/mol. The van der Waals surface area contributed by atoms with Crippen molar-refractivity contribution < 1.29 is 4.74 Å². The molecule has 0 bridgehead atoms. The molecule has 114 valence electrons. The highest BCUT2D eigenvalue weighted by Gasteiger charge is 2.16. The first kappa shape index (κ1) is 16.1. The number of benzene rings is 2. The SMILES string of the molecule is CCC(C)(C)NCC(C)Oc1ccc(Cl)c2ccccc12. The second kappa shape index (κ2) is 6.67. The Kier molecular flexibility index (Phi) is 5.13. The van der Waals surface area contributed by atoms with E-state index in [1.165, 1.54) is 0 Å². The molecule has 2 aromatic rings. The number of hydrogen-bond donors (Lipinski definition) is 1. The van der Waals surface area contributed by atoms with Crippen molar-refractivity contribution in [3.63, 3.8) is 0 Å². The van der Waals surface area contributed by atoms with Gasteiger partial charge in [-0.25, -0.2) is 0 Å². The van der Waals surface area contributed by atoms with Gasteiger partial charge in [-0.05, 0) is 39.3 Å². The molecular formula is C18H24ClNO. The molecule has 0 aromatic heterocycles. The molecule has 0 saturated carbocycles. The Morgan fingerprint density at radius 3 is 2.48 bits per heavy atom. The fraction of sp³-hybridized carbons (Fsp3) is 0.444. The van der Waals surface area contributed by atoms with Crippen molar-refractivity contribution in [2.24, 2.45) is 0 Å². The molecule has 2 aromatic carbocycles. The molecule has 0 aliphatic heterocycles. The predicted molar refractivity (Wildman–Crippen MR) is 91.4 cm³/mol. The highest BCUT2D eigenvalue weighted by atomic mass is 35.5. The molecule has 1 unspecified atom stereocenters. The van der Waals surface area contributed by atoms with E-state index in [2.05, 4.69) is 33.0 Å². The Bertz CT molecular complexity index is 609. The van der Waals surface area contributed by atoms with Crippen LogP contribution >= 0.6 is 11.6 Å². The highest BCUT2D eigenvalue weighted by molar-refractivity contribution is 6.35. The average molecular weight is 306 g/mol. The maximum atomic E-state index is 6.24. The molecule has 0 fully saturated rings. The topological polar surface area (TPSA) is 21.3 Å². The van der Waals surface area contributed by atoms with E-state index < -0.39 is 0 Å². The van der Waals surface area contributed by atoms with Gasteiger partial charge in [0, 0.05) is 27.9 Å². The molecule has 0 heterocycles. The van der Waals surface area contributed by atoms with Crippen LogP contribution in [0.4, 0.5) is 0 Å². The Morgan fingerprint density at radius 2 is 1.81 bits per heavy atom. The van der Waals surface area contributed by atoms with Crippen molar-refractivity contribution in [2.45, 2.75) is 45.8 Å². The molecule has 0 aliphatic carbocycles. The number of halogens is 1. The third kappa shape index (κ3) is 4.12.